The second kappa shape index (κ2) is 5.53. The quantitative estimate of drug-likeness (QED) is 0.874. The Hall–Kier alpha value is -1.68. The van der Waals surface area contributed by atoms with Crippen LogP contribution in [0.1, 0.15) is 16.7 Å². The number of halogens is 1. The number of nitrogen functional groups attached to an aromatic ring is 1. The first-order valence-corrected chi connectivity index (χ1v) is 7.29. The van der Waals surface area contributed by atoms with Crippen molar-refractivity contribution in [2.45, 2.75) is 24.5 Å². The highest BCUT2D eigenvalue weighted by Crippen LogP contribution is 2.19. The Labute approximate surface area is 114 Å². The maximum Gasteiger partial charge on any atom is 0.147 e. The molecule has 2 N–H and O–H groups in total. The summed E-state index contributed by atoms with van der Waals surface area (Å²) in [5.41, 5.74) is 8.73. The third-order valence-electron chi connectivity index (χ3n) is 3.03. The lowest BCUT2D eigenvalue weighted by molar-refractivity contribution is 0.627. The van der Waals surface area contributed by atoms with E-state index in [0.29, 0.717) is 10.6 Å². The average Bonchev–Trinajstić information content (AvgIpc) is 2.37. The molecule has 0 saturated carbocycles. The van der Waals surface area contributed by atoms with E-state index in [1.54, 1.807) is 6.07 Å². The molecule has 0 radical (unpaired) electrons. The molecule has 1 unspecified atom stereocenters. The smallest absolute Gasteiger partial charge is 0.147 e. The van der Waals surface area contributed by atoms with Crippen molar-refractivity contribution in [1.82, 2.24) is 0 Å². The molecule has 2 aromatic carbocycles. The van der Waals surface area contributed by atoms with Gasteiger partial charge < -0.3 is 5.73 Å². The van der Waals surface area contributed by atoms with Crippen molar-refractivity contribution in [2.75, 3.05) is 5.73 Å². The SMILES string of the molecule is Cc1ccc(C)c(CS(=O)c2ccc(N)c(F)c2)c1. The number of benzene rings is 2. The van der Waals surface area contributed by atoms with Crippen LogP contribution in [0.3, 0.4) is 0 Å². The minimum absolute atomic E-state index is 0.0764. The number of hydrogen-bond acceptors (Lipinski definition) is 2. The van der Waals surface area contributed by atoms with E-state index >= 15 is 0 Å². The molecule has 0 spiro atoms. The van der Waals surface area contributed by atoms with Gasteiger partial charge in [0.25, 0.3) is 0 Å². The standard InChI is InChI=1S/C15H16FNOS/c1-10-3-4-11(2)12(7-10)9-19(18)13-5-6-15(17)14(16)8-13/h3-8H,9,17H2,1-2H3. The molecular formula is C15H16FNOS. The molecule has 0 aliphatic rings. The van der Waals surface area contributed by atoms with Gasteiger partial charge in [0, 0.05) is 4.90 Å². The predicted octanol–water partition coefficient (Wildman–Crippen LogP) is 3.33. The Kier molecular flexibility index (Phi) is 4.00. The summed E-state index contributed by atoms with van der Waals surface area (Å²) in [4.78, 5) is 0.465. The molecule has 0 heterocycles. The summed E-state index contributed by atoms with van der Waals surface area (Å²) >= 11 is 0. The fraction of sp³-hybridized carbons (Fsp3) is 0.200. The molecule has 0 fully saturated rings. The zero-order chi connectivity index (χ0) is 14.0. The fourth-order valence-electron chi connectivity index (χ4n) is 1.83. The minimum atomic E-state index is -1.27. The first kappa shape index (κ1) is 13.7. The lowest BCUT2D eigenvalue weighted by Gasteiger charge is -2.08. The molecule has 0 saturated heterocycles. The Balaban J connectivity index is 2.25. The van der Waals surface area contributed by atoms with Crippen LogP contribution in [0.15, 0.2) is 41.3 Å². The van der Waals surface area contributed by atoms with E-state index in [4.69, 9.17) is 5.73 Å². The lowest BCUT2D eigenvalue weighted by Crippen LogP contribution is -2.00. The van der Waals surface area contributed by atoms with Crippen LogP contribution in [0.25, 0.3) is 0 Å². The third-order valence-corrected chi connectivity index (χ3v) is 4.38. The largest absolute Gasteiger partial charge is 0.396 e. The van der Waals surface area contributed by atoms with Gasteiger partial charge in [-0.15, -0.1) is 0 Å². The number of rotatable bonds is 3. The number of nitrogens with two attached hydrogens (primary N) is 1. The van der Waals surface area contributed by atoms with Gasteiger partial charge in [-0.2, -0.15) is 0 Å². The van der Waals surface area contributed by atoms with Gasteiger partial charge in [-0.3, -0.25) is 4.21 Å². The topological polar surface area (TPSA) is 43.1 Å². The van der Waals surface area contributed by atoms with Gasteiger partial charge >= 0.3 is 0 Å². The first-order valence-electron chi connectivity index (χ1n) is 5.97. The van der Waals surface area contributed by atoms with Crippen molar-refractivity contribution >= 4 is 16.5 Å². The molecule has 2 nitrogen and oxygen atoms in total. The van der Waals surface area contributed by atoms with E-state index in [0.717, 1.165) is 16.7 Å². The molecule has 0 amide bonds. The van der Waals surface area contributed by atoms with Gasteiger partial charge in [0.1, 0.15) is 5.82 Å². The van der Waals surface area contributed by atoms with Crippen LogP contribution in [0.4, 0.5) is 10.1 Å². The summed E-state index contributed by atoms with van der Waals surface area (Å²) in [7, 11) is -1.27. The number of aryl methyl sites for hydroxylation is 2. The minimum Gasteiger partial charge on any atom is -0.396 e. The normalized spacial score (nSPS) is 12.4. The summed E-state index contributed by atoms with van der Waals surface area (Å²) in [5, 5.41) is 0. The summed E-state index contributed by atoms with van der Waals surface area (Å²) in [5.74, 6) is -0.136. The van der Waals surface area contributed by atoms with Crippen LogP contribution in [-0.4, -0.2) is 4.21 Å². The van der Waals surface area contributed by atoms with Crippen molar-refractivity contribution in [3.63, 3.8) is 0 Å². The number of anilines is 1. The zero-order valence-corrected chi connectivity index (χ0v) is 11.8. The molecule has 1 atom stereocenters. The van der Waals surface area contributed by atoms with Gasteiger partial charge in [0.2, 0.25) is 0 Å². The Morgan fingerprint density at radius 1 is 1.16 bits per heavy atom. The predicted molar refractivity (Wildman–Crippen MR) is 76.8 cm³/mol. The van der Waals surface area contributed by atoms with Crippen molar-refractivity contribution in [3.8, 4) is 0 Å². The highest BCUT2D eigenvalue weighted by atomic mass is 32.2. The first-order chi connectivity index (χ1) is 8.97. The maximum atomic E-state index is 13.4. The molecule has 100 valence electrons. The number of hydrogen-bond donors (Lipinski definition) is 1. The van der Waals surface area contributed by atoms with Crippen molar-refractivity contribution in [1.29, 1.82) is 0 Å². The fourth-order valence-corrected chi connectivity index (χ4v) is 3.04. The van der Waals surface area contributed by atoms with E-state index in [2.05, 4.69) is 0 Å². The molecule has 2 rings (SSSR count). The Morgan fingerprint density at radius 3 is 2.58 bits per heavy atom. The van der Waals surface area contributed by atoms with Crippen molar-refractivity contribution in [3.05, 3.63) is 58.9 Å². The molecular weight excluding hydrogens is 261 g/mol. The zero-order valence-electron chi connectivity index (χ0n) is 10.9. The van der Waals surface area contributed by atoms with Crippen molar-refractivity contribution in [2.24, 2.45) is 0 Å². The highest BCUT2D eigenvalue weighted by Gasteiger charge is 2.09. The average molecular weight is 277 g/mol. The van der Waals surface area contributed by atoms with Gasteiger partial charge in [-0.25, -0.2) is 4.39 Å². The van der Waals surface area contributed by atoms with Gasteiger partial charge in [0.05, 0.1) is 22.2 Å². The van der Waals surface area contributed by atoms with Gasteiger partial charge in [0.15, 0.2) is 0 Å². The summed E-state index contributed by atoms with van der Waals surface area (Å²) in [6.45, 7) is 3.98. The van der Waals surface area contributed by atoms with Crippen LogP contribution >= 0.6 is 0 Å². The molecule has 0 bridgehead atoms. The van der Waals surface area contributed by atoms with E-state index in [1.165, 1.54) is 12.1 Å². The van der Waals surface area contributed by atoms with E-state index in [9.17, 15) is 8.60 Å². The second-order valence-electron chi connectivity index (χ2n) is 4.60. The Bertz CT molecular complexity index is 640. The van der Waals surface area contributed by atoms with Crippen LogP contribution in [0.2, 0.25) is 0 Å². The molecule has 19 heavy (non-hydrogen) atoms. The maximum absolute atomic E-state index is 13.4. The molecule has 0 aromatic heterocycles. The van der Waals surface area contributed by atoms with E-state index in [1.807, 2.05) is 32.0 Å². The van der Waals surface area contributed by atoms with Gasteiger partial charge in [-0.05, 0) is 43.2 Å². The van der Waals surface area contributed by atoms with Crippen LogP contribution in [0, 0.1) is 19.7 Å². The summed E-state index contributed by atoms with van der Waals surface area (Å²) in [6.07, 6.45) is 0. The van der Waals surface area contributed by atoms with Crippen LogP contribution in [-0.2, 0) is 16.6 Å². The molecule has 2 aromatic rings. The van der Waals surface area contributed by atoms with Gasteiger partial charge in [-0.1, -0.05) is 23.8 Å². The third kappa shape index (κ3) is 3.20. The second-order valence-corrected chi connectivity index (χ2v) is 6.05. The van der Waals surface area contributed by atoms with E-state index < -0.39 is 16.6 Å². The molecule has 0 aliphatic carbocycles. The monoisotopic (exact) mass is 277 g/mol. The summed E-state index contributed by atoms with van der Waals surface area (Å²) in [6, 6.07) is 10.3. The van der Waals surface area contributed by atoms with Crippen LogP contribution < -0.4 is 5.73 Å². The summed E-state index contributed by atoms with van der Waals surface area (Å²) < 4.78 is 25.6. The van der Waals surface area contributed by atoms with E-state index in [-0.39, 0.29) is 5.69 Å². The lowest BCUT2D eigenvalue weighted by atomic mass is 10.1. The molecule has 0 aliphatic heterocycles. The highest BCUT2D eigenvalue weighted by molar-refractivity contribution is 7.84. The molecule has 4 heteroatoms. The van der Waals surface area contributed by atoms with Crippen LogP contribution in [0.5, 0.6) is 0 Å². The van der Waals surface area contributed by atoms with Crippen molar-refractivity contribution < 1.29 is 8.60 Å². The Morgan fingerprint density at radius 2 is 1.89 bits per heavy atom.